The molecule has 100 valence electrons. The number of rotatable bonds is 2. The molecule has 0 spiro atoms. The van der Waals surface area contributed by atoms with Gasteiger partial charge in [-0.05, 0) is 20.0 Å². The van der Waals surface area contributed by atoms with Crippen molar-refractivity contribution in [1.29, 1.82) is 0 Å². The first kappa shape index (κ1) is 12.5. The van der Waals surface area contributed by atoms with E-state index in [1.54, 1.807) is 0 Å². The molecule has 1 aromatic heterocycles. The monoisotopic (exact) mass is 256 g/mol. The van der Waals surface area contributed by atoms with Gasteiger partial charge in [-0.3, -0.25) is 4.90 Å². The fourth-order valence-electron chi connectivity index (χ4n) is 2.57. The minimum absolute atomic E-state index is 0.861. The topological polar surface area (TPSA) is 32.3 Å². The van der Waals surface area contributed by atoms with Crippen molar-refractivity contribution in [3.63, 3.8) is 0 Å². The lowest BCUT2D eigenvalue weighted by molar-refractivity contribution is 0.145. The number of benzene rings is 1. The van der Waals surface area contributed by atoms with Gasteiger partial charge in [0.2, 0.25) is 0 Å². The van der Waals surface area contributed by atoms with Crippen LogP contribution in [0.3, 0.4) is 0 Å². The summed E-state index contributed by atoms with van der Waals surface area (Å²) >= 11 is 0. The lowest BCUT2D eigenvalue weighted by Gasteiger charge is -2.31. The molecule has 1 saturated heterocycles. The molecule has 0 N–H and O–H groups in total. The number of nitrogens with zero attached hydrogens (tertiary/aromatic N) is 4. The quantitative estimate of drug-likeness (QED) is 0.818. The number of likely N-dealkylation sites (N-methyl/N-ethyl adjacent to an activating group) is 1. The van der Waals surface area contributed by atoms with Crippen molar-refractivity contribution in [3.05, 3.63) is 35.8 Å². The summed E-state index contributed by atoms with van der Waals surface area (Å²) < 4.78 is 0. The Kier molecular flexibility index (Phi) is 3.44. The second-order valence-electron chi connectivity index (χ2n) is 5.32. The molecule has 1 aliphatic rings. The van der Waals surface area contributed by atoms with Crippen molar-refractivity contribution in [3.8, 4) is 0 Å². The van der Waals surface area contributed by atoms with Crippen LogP contribution in [0.15, 0.2) is 24.3 Å². The molecule has 2 heterocycles. The van der Waals surface area contributed by atoms with Crippen molar-refractivity contribution < 1.29 is 0 Å². The van der Waals surface area contributed by atoms with Gasteiger partial charge in [-0.15, -0.1) is 0 Å². The van der Waals surface area contributed by atoms with Crippen LogP contribution in [0.4, 0.5) is 0 Å². The van der Waals surface area contributed by atoms with Crippen LogP contribution in [0.1, 0.15) is 11.5 Å². The zero-order valence-electron chi connectivity index (χ0n) is 11.6. The summed E-state index contributed by atoms with van der Waals surface area (Å²) in [5.74, 6) is 0.945. The van der Waals surface area contributed by atoms with Crippen molar-refractivity contribution in [2.75, 3.05) is 33.2 Å². The summed E-state index contributed by atoms with van der Waals surface area (Å²) in [6.45, 7) is 7.40. The zero-order chi connectivity index (χ0) is 13.2. The van der Waals surface area contributed by atoms with Gasteiger partial charge in [0, 0.05) is 37.3 Å². The van der Waals surface area contributed by atoms with E-state index in [2.05, 4.69) is 45.9 Å². The highest BCUT2D eigenvalue weighted by Crippen LogP contribution is 2.15. The van der Waals surface area contributed by atoms with Crippen LogP contribution < -0.4 is 0 Å². The van der Waals surface area contributed by atoms with Crippen molar-refractivity contribution >= 4 is 10.9 Å². The maximum atomic E-state index is 4.68. The Morgan fingerprint density at radius 1 is 1.05 bits per heavy atom. The van der Waals surface area contributed by atoms with E-state index in [1.165, 1.54) is 0 Å². The maximum Gasteiger partial charge on any atom is 0.143 e. The molecule has 0 saturated carbocycles. The summed E-state index contributed by atoms with van der Waals surface area (Å²) in [5.41, 5.74) is 2.13. The minimum atomic E-state index is 0.861. The lowest BCUT2D eigenvalue weighted by atomic mass is 10.2. The molecule has 1 aromatic carbocycles. The first-order chi connectivity index (χ1) is 9.22. The van der Waals surface area contributed by atoms with Gasteiger partial charge < -0.3 is 4.90 Å². The number of fused-ring (bicyclic) bond motifs is 1. The lowest BCUT2D eigenvalue weighted by Crippen LogP contribution is -2.44. The average Bonchev–Trinajstić information content (AvgIpc) is 2.42. The Balaban J connectivity index is 1.81. The third kappa shape index (κ3) is 2.74. The van der Waals surface area contributed by atoms with Crippen LogP contribution in [0.25, 0.3) is 10.9 Å². The van der Waals surface area contributed by atoms with Gasteiger partial charge in [-0.25, -0.2) is 9.97 Å². The molecule has 0 radical (unpaired) electrons. The normalized spacial score (nSPS) is 18.0. The van der Waals surface area contributed by atoms with Gasteiger partial charge in [-0.2, -0.15) is 0 Å². The number of aromatic nitrogens is 2. The Bertz CT molecular complexity index is 573. The van der Waals surface area contributed by atoms with Gasteiger partial charge in [0.15, 0.2) is 0 Å². The van der Waals surface area contributed by atoms with Crippen LogP contribution in [-0.4, -0.2) is 53.0 Å². The van der Waals surface area contributed by atoms with Crippen molar-refractivity contribution in [1.82, 2.24) is 19.8 Å². The number of aryl methyl sites for hydroxylation is 1. The molecule has 0 bridgehead atoms. The molecular formula is C15H20N4. The molecule has 0 amide bonds. The van der Waals surface area contributed by atoms with Crippen LogP contribution in [-0.2, 0) is 6.54 Å². The SMILES string of the molecule is Cc1nc(CN2CCN(C)CC2)nc2ccccc12. The fourth-order valence-corrected chi connectivity index (χ4v) is 2.57. The molecule has 3 rings (SSSR count). The Labute approximate surface area is 114 Å². The van der Waals surface area contributed by atoms with E-state index in [0.29, 0.717) is 0 Å². The number of hydrogen-bond donors (Lipinski definition) is 0. The highest BCUT2D eigenvalue weighted by Gasteiger charge is 2.15. The summed E-state index contributed by atoms with van der Waals surface area (Å²) in [6.07, 6.45) is 0. The number of piperazine rings is 1. The highest BCUT2D eigenvalue weighted by molar-refractivity contribution is 5.80. The predicted octanol–water partition coefficient (Wildman–Crippen LogP) is 1.69. The van der Waals surface area contributed by atoms with Gasteiger partial charge >= 0.3 is 0 Å². The van der Waals surface area contributed by atoms with E-state index in [0.717, 1.165) is 55.1 Å². The van der Waals surface area contributed by atoms with E-state index in [-0.39, 0.29) is 0 Å². The molecule has 19 heavy (non-hydrogen) atoms. The molecule has 1 fully saturated rings. The number of para-hydroxylation sites is 1. The van der Waals surface area contributed by atoms with Gasteiger partial charge in [0.05, 0.1) is 12.1 Å². The van der Waals surface area contributed by atoms with Crippen LogP contribution in [0, 0.1) is 6.92 Å². The Morgan fingerprint density at radius 3 is 2.58 bits per heavy atom. The van der Waals surface area contributed by atoms with Gasteiger partial charge in [0.1, 0.15) is 5.82 Å². The number of hydrogen-bond acceptors (Lipinski definition) is 4. The first-order valence-corrected chi connectivity index (χ1v) is 6.85. The second kappa shape index (κ2) is 5.23. The maximum absolute atomic E-state index is 4.68. The summed E-state index contributed by atoms with van der Waals surface area (Å²) in [7, 11) is 2.17. The van der Waals surface area contributed by atoms with Gasteiger partial charge in [-0.1, -0.05) is 18.2 Å². The second-order valence-corrected chi connectivity index (χ2v) is 5.32. The molecule has 4 nitrogen and oxygen atoms in total. The summed E-state index contributed by atoms with van der Waals surface area (Å²) in [4.78, 5) is 14.1. The van der Waals surface area contributed by atoms with Crippen LogP contribution in [0.2, 0.25) is 0 Å². The van der Waals surface area contributed by atoms with E-state index in [1.807, 2.05) is 12.1 Å². The molecule has 1 aliphatic heterocycles. The molecule has 0 atom stereocenters. The highest BCUT2D eigenvalue weighted by atomic mass is 15.3. The van der Waals surface area contributed by atoms with Crippen LogP contribution >= 0.6 is 0 Å². The Hall–Kier alpha value is -1.52. The smallest absolute Gasteiger partial charge is 0.143 e. The predicted molar refractivity (Wildman–Crippen MR) is 77.0 cm³/mol. The van der Waals surface area contributed by atoms with Crippen molar-refractivity contribution in [2.24, 2.45) is 0 Å². The van der Waals surface area contributed by atoms with E-state index in [4.69, 9.17) is 0 Å². The standard InChI is InChI=1S/C15H20N4/c1-12-13-5-3-4-6-14(13)17-15(16-12)11-19-9-7-18(2)8-10-19/h3-6H,7-11H2,1-2H3. The summed E-state index contributed by atoms with van der Waals surface area (Å²) in [6, 6.07) is 8.23. The Morgan fingerprint density at radius 2 is 1.79 bits per heavy atom. The largest absolute Gasteiger partial charge is 0.304 e. The third-order valence-corrected chi connectivity index (χ3v) is 3.80. The molecule has 2 aromatic rings. The molecule has 4 heteroatoms. The molecule has 0 aliphatic carbocycles. The fraction of sp³-hybridized carbons (Fsp3) is 0.467. The molecule has 0 unspecified atom stereocenters. The van der Waals surface area contributed by atoms with E-state index in [9.17, 15) is 0 Å². The van der Waals surface area contributed by atoms with Crippen molar-refractivity contribution in [2.45, 2.75) is 13.5 Å². The minimum Gasteiger partial charge on any atom is -0.304 e. The van der Waals surface area contributed by atoms with E-state index < -0.39 is 0 Å². The first-order valence-electron chi connectivity index (χ1n) is 6.85. The van der Waals surface area contributed by atoms with Crippen LogP contribution in [0.5, 0.6) is 0 Å². The van der Waals surface area contributed by atoms with E-state index >= 15 is 0 Å². The third-order valence-electron chi connectivity index (χ3n) is 3.80. The molecular weight excluding hydrogens is 236 g/mol. The average molecular weight is 256 g/mol. The summed E-state index contributed by atoms with van der Waals surface area (Å²) in [5, 5.41) is 1.16. The van der Waals surface area contributed by atoms with Gasteiger partial charge in [0.25, 0.3) is 0 Å². The zero-order valence-corrected chi connectivity index (χ0v) is 11.6.